The van der Waals surface area contributed by atoms with Crippen LogP contribution in [-0.4, -0.2) is 27.3 Å². The normalized spacial score (nSPS) is 22.0. The lowest BCUT2D eigenvalue weighted by Crippen LogP contribution is -2.34. The molecular formula is C17H22N4O2. The number of carbonyl (C=O) groups is 1. The van der Waals surface area contributed by atoms with Crippen molar-refractivity contribution < 1.29 is 9.53 Å². The molecule has 0 aliphatic carbocycles. The zero-order valence-electron chi connectivity index (χ0n) is 13.7. The van der Waals surface area contributed by atoms with Crippen LogP contribution in [0.4, 0.5) is 0 Å². The molecule has 3 rings (SSSR count). The van der Waals surface area contributed by atoms with E-state index in [-0.39, 0.29) is 24.0 Å². The molecular weight excluding hydrogens is 292 g/mol. The second kappa shape index (κ2) is 6.50. The van der Waals surface area contributed by atoms with Crippen molar-refractivity contribution in [2.24, 2.45) is 13.0 Å². The summed E-state index contributed by atoms with van der Waals surface area (Å²) in [5.74, 6) is -0.182. The minimum atomic E-state index is -0.223. The third-order valence-corrected chi connectivity index (χ3v) is 4.50. The Morgan fingerprint density at radius 1 is 1.48 bits per heavy atom. The maximum Gasteiger partial charge on any atom is 0.226 e. The third-order valence-electron chi connectivity index (χ3n) is 4.50. The monoisotopic (exact) mass is 314 g/mol. The first kappa shape index (κ1) is 15.7. The van der Waals surface area contributed by atoms with E-state index in [0.29, 0.717) is 6.61 Å². The predicted octanol–water partition coefficient (Wildman–Crippen LogP) is 2.08. The molecule has 0 spiro atoms. The van der Waals surface area contributed by atoms with Gasteiger partial charge in [-0.2, -0.15) is 5.10 Å². The Kier molecular flexibility index (Phi) is 4.43. The Balaban J connectivity index is 1.72. The third kappa shape index (κ3) is 3.12. The van der Waals surface area contributed by atoms with Crippen molar-refractivity contribution in [1.29, 1.82) is 0 Å². The van der Waals surface area contributed by atoms with Gasteiger partial charge in [0.2, 0.25) is 5.91 Å². The fourth-order valence-electron chi connectivity index (χ4n) is 2.99. The van der Waals surface area contributed by atoms with E-state index in [4.69, 9.17) is 4.74 Å². The lowest BCUT2D eigenvalue weighted by molar-refractivity contribution is -0.127. The van der Waals surface area contributed by atoms with Gasteiger partial charge < -0.3 is 10.1 Å². The van der Waals surface area contributed by atoms with Gasteiger partial charge >= 0.3 is 0 Å². The Morgan fingerprint density at radius 3 is 2.96 bits per heavy atom. The molecule has 0 radical (unpaired) electrons. The van der Waals surface area contributed by atoms with E-state index >= 15 is 0 Å². The van der Waals surface area contributed by atoms with Gasteiger partial charge in [-0.05, 0) is 32.4 Å². The highest BCUT2D eigenvalue weighted by Crippen LogP contribution is 2.36. The van der Waals surface area contributed by atoms with Crippen LogP contribution < -0.4 is 5.32 Å². The van der Waals surface area contributed by atoms with Gasteiger partial charge in [-0.15, -0.1) is 0 Å². The number of pyridine rings is 1. The van der Waals surface area contributed by atoms with Crippen molar-refractivity contribution in [3.05, 3.63) is 47.5 Å². The predicted molar refractivity (Wildman–Crippen MR) is 85.5 cm³/mol. The fourth-order valence-corrected chi connectivity index (χ4v) is 2.99. The number of hydrogen-bond donors (Lipinski definition) is 1. The van der Waals surface area contributed by atoms with Crippen LogP contribution in [-0.2, 0) is 16.6 Å². The van der Waals surface area contributed by atoms with E-state index in [1.165, 1.54) is 0 Å². The molecule has 0 aromatic carbocycles. The number of rotatable bonds is 4. The first-order valence-corrected chi connectivity index (χ1v) is 7.89. The Bertz CT molecular complexity index is 683. The minimum Gasteiger partial charge on any atom is -0.373 e. The summed E-state index contributed by atoms with van der Waals surface area (Å²) in [6, 6.07) is 5.58. The maximum absolute atomic E-state index is 12.7. The highest BCUT2D eigenvalue weighted by molar-refractivity contribution is 5.80. The van der Waals surface area contributed by atoms with E-state index in [1.54, 1.807) is 12.4 Å². The molecule has 3 atom stereocenters. The molecule has 1 fully saturated rings. The van der Waals surface area contributed by atoms with Gasteiger partial charge in [0.15, 0.2) is 0 Å². The highest BCUT2D eigenvalue weighted by atomic mass is 16.5. The van der Waals surface area contributed by atoms with Crippen molar-refractivity contribution in [2.75, 3.05) is 6.61 Å². The molecule has 122 valence electrons. The van der Waals surface area contributed by atoms with Crippen molar-refractivity contribution in [3.8, 4) is 0 Å². The number of aryl methyl sites for hydroxylation is 1. The number of aromatic nitrogens is 3. The van der Waals surface area contributed by atoms with Gasteiger partial charge in [0.25, 0.3) is 0 Å². The molecule has 1 N–H and O–H groups in total. The molecule has 2 aromatic rings. The minimum absolute atomic E-state index is 0.00825. The van der Waals surface area contributed by atoms with E-state index in [2.05, 4.69) is 15.4 Å². The summed E-state index contributed by atoms with van der Waals surface area (Å²) in [5, 5.41) is 7.31. The first-order valence-electron chi connectivity index (χ1n) is 7.89. The van der Waals surface area contributed by atoms with Gasteiger partial charge in [-0.1, -0.05) is 6.07 Å². The SMILES string of the molecule is Cc1c([C@H]2OCC[C@@H]2C(=O)NC(C)c2ccccn2)cnn1C. The topological polar surface area (TPSA) is 69.0 Å². The Labute approximate surface area is 135 Å². The average Bonchev–Trinajstić information content (AvgIpc) is 3.16. The molecule has 23 heavy (non-hydrogen) atoms. The summed E-state index contributed by atoms with van der Waals surface area (Å²) in [6.45, 7) is 4.53. The first-order chi connectivity index (χ1) is 11.1. The molecule has 6 heteroatoms. The van der Waals surface area contributed by atoms with Crippen LogP contribution in [0.25, 0.3) is 0 Å². The molecule has 6 nitrogen and oxygen atoms in total. The van der Waals surface area contributed by atoms with Crippen LogP contribution >= 0.6 is 0 Å². The molecule has 0 bridgehead atoms. The maximum atomic E-state index is 12.7. The van der Waals surface area contributed by atoms with Crippen LogP contribution in [0, 0.1) is 12.8 Å². The molecule has 2 aromatic heterocycles. The summed E-state index contributed by atoms with van der Waals surface area (Å²) >= 11 is 0. The van der Waals surface area contributed by atoms with Crippen LogP contribution in [0.15, 0.2) is 30.6 Å². The summed E-state index contributed by atoms with van der Waals surface area (Å²) in [5.41, 5.74) is 2.89. The van der Waals surface area contributed by atoms with E-state index in [0.717, 1.165) is 23.4 Å². The van der Waals surface area contributed by atoms with Crippen LogP contribution in [0.2, 0.25) is 0 Å². The molecule has 1 amide bonds. The van der Waals surface area contributed by atoms with Crippen molar-refractivity contribution in [2.45, 2.75) is 32.4 Å². The average molecular weight is 314 g/mol. The number of nitrogens with one attached hydrogen (secondary N) is 1. The highest BCUT2D eigenvalue weighted by Gasteiger charge is 2.37. The standard InChI is InChI=1S/C17H22N4O2/c1-11(15-6-4-5-8-18-15)20-17(22)13-7-9-23-16(13)14-10-19-21(3)12(14)2/h4-6,8,10-11,13,16H,7,9H2,1-3H3,(H,20,22)/t11?,13-,16-/m0/s1. The Morgan fingerprint density at radius 2 is 2.30 bits per heavy atom. The largest absolute Gasteiger partial charge is 0.373 e. The van der Waals surface area contributed by atoms with Crippen LogP contribution in [0.1, 0.15) is 42.4 Å². The molecule has 1 aliphatic heterocycles. The van der Waals surface area contributed by atoms with Crippen LogP contribution in [0.5, 0.6) is 0 Å². The summed E-state index contributed by atoms with van der Waals surface area (Å²) < 4.78 is 7.63. The second-order valence-electron chi connectivity index (χ2n) is 5.98. The molecule has 1 saturated heterocycles. The van der Waals surface area contributed by atoms with E-state index in [1.807, 2.05) is 43.8 Å². The number of ether oxygens (including phenoxy) is 1. The lowest BCUT2D eigenvalue weighted by Gasteiger charge is -2.21. The second-order valence-corrected chi connectivity index (χ2v) is 5.98. The Hall–Kier alpha value is -2.21. The zero-order chi connectivity index (χ0) is 16.4. The summed E-state index contributed by atoms with van der Waals surface area (Å²) in [4.78, 5) is 17.0. The van der Waals surface area contributed by atoms with E-state index in [9.17, 15) is 4.79 Å². The molecule has 3 heterocycles. The van der Waals surface area contributed by atoms with Crippen LogP contribution in [0.3, 0.4) is 0 Å². The van der Waals surface area contributed by atoms with Gasteiger partial charge in [0.1, 0.15) is 0 Å². The fraction of sp³-hybridized carbons (Fsp3) is 0.471. The summed E-state index contributed by atoms with van der Waals surface area (Å²) in [7, 11) is 1.89. The quantitative estimate of drug-likeness (QED) is 0.938. The van der Waals surface area contributed by atoms with Gasteiger partial charge in [0, 0.05) is 31.1 Å². The zero-order valence-corrected chi connectivity index (χ0v) is 13.7. The smallest absolute Gasteiger partial charge is 0.226 e. The number of hydrogen-bond acceptors (Lipinski definition) is 4. The number of nitrogens with zero attached hydrogens (tertiary/aromatic N) is 3. The molecule has 1 aliphatic rings. The van der Waals surface area contributed by atoms with E-state index < -0.39 is 0 Å². The number of carbonyl (C=O) groups excluding carboxylic acids is 1. The molecule has 0 saturated carbocycles. The molecule has 1 unspecified atom stereocenters. The summed E-state index contributed by atoms with van der Waals surface area (Å²) in [6.07, 6.45) is 4.03. The number of amides is 1. The van der Waals surface area contributed by atoms with Gasteiger partial charge in [-0.3, -0.25) is 14.5 Å². The van der Waals surface area contributed by atoms with Crippen molar-refractivity contribution in [1.82, 2.24) is 20.1 Å². The van der Waals surface area contributed by atoms with Gasteiger partial charge in [-0.25, -0.2) is 0 Å². The van der Waals surface area contributed by atoms with Crippen molar-refractivity contribution >= 4 is 5.91 Å². The van der Waals surface area contributed by atoms with Crippen molar-refractivity contribution in [3.63, 3.8) is 0 Å². The van der Waals surface area contributed by atoms with Gasteiger partial charge in [0.05, 0.1) is 30.0 Å². The lowest BCUT2D eigenvalue weighted by atomic mass is 9.94.